The molecule has 1 aromatic heterocycles. The van der Waals surface area contributed by atoms with Gasteiger partial charge in [0.25, 0.3) is 5.91 Å². The first kappa shape index (κ1) is 19.2. The number of piperidine rings is 1. The van der Waals surface area contributed by atoms with Crippen LogP contribution >= 0.6 is 0 Å². The Labute approximate surface area is 160 Å². The number of ether oxygens (including phenoxy) is 1. The number of hydrogen-bond donors (Lipinski definition) is 2. The van der Waals surface area contributed by atoms with Gasteiger partial charge in [-0.05, 0) is 44.1 Å². The molecule has 2 aromatic rings. The summed E-state index contributed by atoms with van der Waals surface area (Å²) in [4.78, 5) is 19.0. The summed E-state index contributed by atoms with van der Waals surface area (Å²) in [5, 5.41) is 6.08. The van der Waals surface area contributed by atoms with Crippen molar-refractivity contribution in [2.24, 2.45) is 0 Å². The minimum absolute atomic E-state index is 0.141. The lowest BCUT2D eigenvalue weighted by atomic mass is 10.0. The molecule has 27 heavy (non-hydrogen) atoms. The van der Waals surface area contributed by atoms with Crippen molar-refractivity contribution in [3.63, 3.8) is 0 Å². The van der Waals surface area contributed by atoms with E-state index in [1.807, 2.05) is 18.2 Å². The van der Waals surface area contributed by atoms with E-state index in [2.05, 4.69) is 26.6 Å². The highest BCUT2D eigenvalue weighted by atomic mass is 16.5. The number of anilines is 1. The quantitative estimate of drug-likeness (QED) is 0.786. The number of carbonyl (C=O) groups is 1. The van der Waals surface area contributed by atoms with E-state index in [0.29, 0.717) is 17.9 Å². The molecule has 1 aromatic carbocycles. The third kappa shape index (κ3) is 4.57. The molecule has 1 atom stereocenters. The first-order chi connectivity index (χ1) is 13.2. The molecule has 1 amide bonds. The van der Waals surface area contributed by atoms with Crippen LogP contribution in [0.5, 0.6) is 5.75 Å². The van der Waals surface area contributed by atoms with Gasteiger partial charge < -0.3 is 15.4 Å². The second kappa shape index (κ2) is 9.37. The molecule has 2 N–H and O–H groups in total. The first-order valence-corrected chi connectivity index (χ1v) is 9.52. The molecule has 1 saturated heterocycles. The van der Waals surface area contributed by atoms with Gasteiger partial charge in [0.05, 0.1) is 18.7 Å². The maximum atomic E-state index is 12.1. The number of rotatable bonds is 7. The van der Waals surface area contributed by atoms with Crippen molar-refractivity contribution in [1.29, 1.82) is 0 Å². The van der Waals surface area contributed by atoms with Crippen molar-refractivity contribution >= 4 is 11.7 Å². The molecule has 144 valence electrons. The van der Waals surface area contributed by atoms with Crippen molar-refractivity contribution in [2.45, 2.75) is 25.3 Å². The summed E-state index contributed by atoms with van der Waals surface area (Å²) in [5.41, 5.74) is 1.71. The van der Waals surface area contributed by atoms with Gasteiger partial charge in [-0.15, -0.1) is 0 Å². The predicted molar refractivity (Wildman–Crippen MR) is 107 cm³/mol. The van der Waals surface area contributed by atoms with Crippen LogP contribution in [-0.2, 0) is 0 Å². The molecule has 1 fully saturated rings. The van der Waals surface area contributed by atoms with Gasteiger partial charge in [0.15, 0.2) is 0 Å². The topological polar surface area (TPSA) is 66.5 Å². The fraction of sp³-hybridized carbons (Fsp3) is 0.429. The van der Waals surface area contributed by atoms with Crippen LogP contribution in [0.25, 0.3) is 0 Å². The lowest BCUT2D eigenvalue weighted by molar-refractivity contribution is 0.0963. The Kier molecular flexibility index (Phi) is 6.65. The molecule has 1 aliphatic heterocycles. The maximum Gasteiger partial charge on any atom is 0.254 e. The van der Waals surface area contributed by atoms with Crippen LogP contribution in [-0.4, -0.2) is 49.6 Å². The Morgan fingerprint density at radius 1 is 1.19 bits per heavy atom. The molecule has 0 radical (unpaired) electrons. The van der Waals surface area contributed by atoms with E-state index in [4.69, 9.17) is 4.74 Å². The summed E-state index contributed by atoms with van der Waals surface area (Å²) in [6.45, 7) is 2.78. The Balaban J connectivity index is 1.85. The van der Waals surface area contributed by atoms with E-state index >= 15 is 0 Å². The zero-order valence-corrected chi connectivity index (χ0v) is 16.1. The molecule has 1 aliphatic rings. The zero-order chi connectivity index (χ0) is 19.1. The molecule has 2 heterocycles. The molecule has 0 aliphatic carbocycles. The largest absolute Gasteiger partial charge is 0.496 e. The average molecular weight is 368 g/mol. The molecule has 6 nitrogen and oxygen atoms in total. The molecule has 0 saturated carbocycles. The third-order valence-corrected chi connectivity index (χ3v) is 5.07. The van der Waals surface area contributed by atoms with Gasteiger partial charge in [0.2, 0.25) is 0 Å². The molecule has 6 heteroatoms. The SMILES string of the molecule is CNC(=O)c1cccnc1NCC(c1ccccc1OC)N1CCCCC1. The van der Waals surface area contributed by atoms with E-state index in [-0.39, 0.29) is 11.9 Å². The number of para-hydroxylation sites is 1. The summed E-state index contributed by atoms with van der Waals surface area (Å²) in [6, 6.07) is 11.9. The lowest BCUT2D eigenvalue weighted by Gasteiger charge is -2.35. The van der Waals surface area contributed by atoms with Crippen molar-refractivity contribution in [1.82, 2.24) is 15.2 Å². The molecule has 3 rings (SSSR count). The fourth-order valence-electron chi connectivity index (χ4n) is 3.66. The van der Waals surface area contributed by atoms with E-state index in [9.17, 15) is 4.79 Å². The van der Waals surface area contributed by atoms with Gasteiger partial charge in [-0.1, -0.05) is 24.6 Å². The molecule has 1 unspecified atom stereocenters. The Bertz CT molecular complexity index is 759. The standard InChI is InChI=1S/C21H28N4O2/c1-22-21(26)17-10-8-12-23-20(17)24-15-18(25-13-6-3-7-14-25)16-9-4-5-11-19(16)27-2/h4-5,8-12,18H,3,6-7,13-15H2,1-2H3,(H,22,26)(H,23,24). The number of carbonyl (C=O) groups excluding carboxylic acids is 1. The van der Waals surface area contributed by atoms with Gasteiger partial charge in [-0.25, -0.2) is 4.98 Å². The van der Waals surface area contributed by atoms with Crippen LogP contribution in [0, 0.1) is 0 Å². The van der Waals surface area contributed by atoms with Crippen molar-refractivity contribution in [2.75, 3.05) is 39.1 Å². The highest BCUT2D eigenvalue weighted by Crippen LogP contribution is 2.31. The summed E-state index contributed by atoms with van der Waals surface area (Å²) in [6.07, 6.45) is 5.40. The number of benzene rings is 1. The van der Waals surface area contributed by atoms with Gasteiger partial charge in [0, 0.05) is 25.4 Å². The number of likely N-dealkylation sites (tertiary alicyclic amines) is 1. The lowest BCUT2D eigenvalue weighted by Crippen LogP contribution is -2.37. The van der Waals surface area contributed by atoms with E-state index in [1.54, 1.807) is 32.5 Å². The minimum Gasteiger partial charge on any atom is -0.496 e. The number of aromatic nitrogens is 1. The summed E-state index contributed by atoms with van der Waals surface area (Å²) in [7, 11) is 3.34. The number of nitrogens with zero attached hydrogens (tertiary/aromatic N) is 2. The first-order valence-electron chi connectivity index (χ1n) is 9.52. The van der Waals surface area contributed by atoms with E-state index in [1.165, 1.54) is 19.3 Å². The number of amides is 1. The van der Waals surface area contributed by atoms with Crippen LogP contribution in [0.4, 0.5) is 5.82 Å². The molecular weight excluding hydrogens is 340 g/mol. The molecular formula is C21H28N4O2. The normalized spacial score (nSPS) is 15.8. The summed E-state index contributed by atoms with van der Waals surface area (Å²) >= 11 is 0. The van der Waals surface area contributed by atoms with Crippen LogP contribution in [0.1, 0.15) is 41.2 Å². The maximum absolute atomic E-state index is 12.1. The monoisotopic (exact) mass is 368 g/mol. The Morgan fingerprint density at radius 3 is 2.70 bits per heavy atom. The molecule has 0 spiro atoms. The number of methoxy groups -OCH3 is 1. The summed E-state index contributed by atoms with van der Waals surface area (Å²) < 4.78 is 5.61. The van der Waals surface area contributed by atoms with Crippen molar-refractivity contribution < 1.29 is 9.53 Å². The van der Waals surface area contributed by atoms with Crippen molar-refractivity contribution in [3.8, 4) is 5.75 Å². The predicted octanol–water partition coefficient (Wildman–Crippen LogP) is 3.09. The number of hydrogen-bond acceptors (Lipinski definition) is 5. The van der Waals surface area contributed by atoms with Gasteiger partial charge >= 0.3 is 0 Å². The second-order valence-electron chi connectivity index (χ2n) is 6.71. The Morgan fingerprint density at radius 2 is 1.96 bits per heavy atom. The smallest absolute Gasteiger partial charge is 0.254 e. The van der Waals surface area contributed by atoms with Gasteiger partial charge in [0.1, 0.15) is 11.6 Å². The second-order valence-corrected chi connectivity index (χ2v) is 6.71. The van der Waals surface area contributed by atoms with Gasteiger partial charge in [-0.3, -0.25) is 9.69 Å². The fourth-order valence-corrected chi connectivity index (χ4v) is 3.66. The molecule has 0 bridgehead atoms. The zero-order valence-electron chi connectivity index (χ0n) is 16.1. The van der Waals surface area contributed by atoms with Crippen LogP contribution in [0.2, 0.25) is 0 Å². The van der Waals surface area contributed by atoms with E-state index < -0.39 is 0 Å². The number of pyridine rings is 1. The van der Waals surface area contributed by atoms with Crippen LogP contribution in [0.15, 0.2) is 42.6 Å². The van der Waals surface area contributed by atoms with Crippen LogP contribution in [0.3, 0.4) is 0 Å². The third-order valence-electron chi connectivity index (χ3n) is 5.07. The van der Waals surface area contributed by atoms with Gasteiger partial charge in [-0.2, -0.15) is 0 Å². The average Bonchev–Trinajstić information content (AvgIpc) is 2.74. The van der Waals surface area contributed by atoms with E-state index in [0.717, 1.165) is 24.4 Å². The van der Waals surface area contributed by atoms with Crippen LogP contribution < -0.4 is 15.4 Å². The summed E-state index contributed by atoms with van der Waals surface area (Å²) in [5.74, 6) is 1.36. The Hall–Kier alpha value is -2.60. The minimum atomic E-state index is -0.141. The highest BCUT2D eigenvalue weighted by molar-refractivity contribution is 5.98. The van der Waals surface area contributed by atoms with Crippen molar-refractivity contribution in [3.05, 3.63) is 53.7 Å². The highest BCUT2D eigenvalue weighted by Gasteiger charge is 2.25. The number of nitrogens with one attached hydrogen (secondary N) is 2.